The number of carbonyl (C=O) groups is 2. The molecule has 32 heavy (non-hydrogen) atoms. The van der Waals surface area contributed by atoms with Gasteiger partial charge in [-0.05, 0) is 61.4 Å². The molecule has 166 valence electrons. The number of hydrogen-bond donors (Lipinski definition) is 0. The molecule has 0 aromatic heterocycles. The van der Waals surface area contributed by atoms with Gasteiger partial charge in [-0.2, -0.15) is 16.8 Å². The normalized spacial score (nSPS) is 11.6. The third kappa shape index (κ3) is 5.04. The zero-order valence-electron chi connectivity index (χ0n) is 17.0. The van der Waals surface area contributed by atoms with Crippen LogP contribution < -0.4 is 0 Å². The molecule has 3 aromatic carbocycles. The fourth-order valence-corrected chi connectivity index (χ4v) is 4.99. The van der Waals surface area contributed by atoms with Gasteiger partial charge in [0.05, 0.1) is 11.1 Å². The Balaban J connectivity index is 1.75. The van der Waals surface area contributed by atoms with Gasteiger partial charge in [0.2, 0.25) is 0 Å². The van der Waals surface area contributed by atoms with Crippen LogP contribution in [0, 0.1) is 13.8 Å². The van der Waals surface area contributed by atoms with Crippen LogP contribution in [0.3, 0.4) is 0 Å². The first-order valence-electron chi connectivity index (χ1n) is 9.20. The van der Waals surface area contributed by atoms with E-state index in [9.17, 15) is 26.4 Å². The maximum atomic E-state index is 12.3. The van der Waals surface area contributed by atoms with Crippen molar-refractivity contribution in [2.45, 2.75) is 23.6 Å². The summed E-state index contributed by atoms with van der Waals surface area (Å²) in [7, 11) is -8.69. The summed E-state index contributed by atoms with van der Waals surface area (Å²) in [6.45, 7) is 3.12. The topological polar surface area (TPSA) is 121 Å². The number of benzene rings is 3. The Kier molecular flexibility index (Phi) is 6.47. The molecule has 0 fully saturated rings. The second-order valence-corrected chi connectivity index (χ2v) is 9.79. The maximum Gasteiger partial charge on any atom is 0.354 e. The molecule has 0 N–H and O–H groups in total. The Labute approximate surface area is 185 Å². The molecule has 0 bridgehead atoms. The van der Waals surface area contributed by atoms with Crippen LogP contribution in [0.5, 0.6) is 0 Å². The first-order valence-corrected chi connectivity index (χ1v) is 12.0. The summed E-state index contributed by atoms with van der Waals surface area (Å²) >= 11 is 0. The molecule has 0 saturated carbocycles. The van der Waals surface area contributed by atoms with Crippen LogP contribution in [0.2, 0.25) is 0 Å². The van der Waals surface area contributed by atoms with Crippen LogP contribution in [0.15, 0.2) is 82.6 Å². The van der Waals surface area contributed by atoms with Gasteiger partial charge in [0, 0.05) is 0 Å². The highest BCUT2D eigenvalue weighted by atomic mass is 32.2. The second-order valence-electron chi connectivity index (χ2n) is 6.76. The maximum absolute atomic E-state index is 12.3. The first kappa shape index (κ1) is 23.2. The van der Waals surface area contributed by atoms with Crippen molar-refractivity contribution in [3.63, 3.8) is 0 Å². The lowest BCUT2D eigenvalue weighted by Crippen LogP contribution is -2.16. The van der Waals surface area contributed by atoms with Gasteiger partial charge < -0.3 is 8.37 Å². The summed E-state index contributed by atoms with van der Waals surface area (Å²) in [6, 6.07) is 16.6. The lowest BCUT2D eigenvalue weighted by molar-refractivity contribution is 0.0730. The van der Waals surface area contributed by atoms with Gasteiger partial charge >= 0.3 is 32.2 Å². The van der Waals surface area contributed by atoms with Crippen molar-refractivity contribution in [3.05, 3.63) is 95.1 Å². The predicted molar refractivity (Wildman–Crippen MR) is 114 cm³/mol. The average Bonchev–Trinajstić information content (AvgIpc) is 2.73. The fraction of sp³-hybridized carbons (Fsp3) is 0.0909. The second kappa shape index (κ2) is 8.93. The predicted octanol–water partition coefficient (Wildman–Crippen LogP) is 3.39. The van der Waals surface area contributed by atoms with E-state index in [0.717, 1.165) is 24.3 Å². The van der Waals surface area contributed by atoms with Gasteiger partial charge in [-0.3, -0.25) is 0 Å². The third-order valence-corrected chi connectivity index (χ3v) is 7.19. The van der Waals surface area contributed by atoms with E-state index >= 15 is 0 Å². The molecular weight excluding hydrogens is 456 g/mol. The highest BCUT2D eigenvalue weighted by Crippen LogP contribution is 2.20. The number of hydrogen-bond acceptors (Lipinski definition) is 8. The Hall–Kier alpha value is -3.50. The minimum Gasteiger partial charge on any atom is -0.338 e. The van der Waals surface area contributed by atoms with Gasteiger partial charge in [0.15, 0.2) is 0 Å². The summed E-state index contributed by atoms with van der Waals surface area (Å²) in [5, 5.41) is 0. The zero-order valence-corrected chi connectivity index (χ0v) is 18.6. The molecular formula is C22H18O8S2. The molecule has 0 aliphatic carbocycles. The molecule has 0 aliphatic heterocycles. The highest BCUT2D eigenvalue weighted by Gasteiger charge is 2.25. The van der Waals surface area contributed by atoms with E-state index in [2.05, 4.69) is 8.37 Å². The minimum absolute atomic E-state index is 0.144. The van der Waals surface area contributed by atoms with Crippen LogP contribution in [-0.4, -0.2) is 28.8 Å². The van der Waals surface area contributed by atoms with E-state index in [1.54, 1.807) is 38.1 Å². The molecule has 0 aliphatic rings. The van der Waals surface area contributed by atoms with E-state index in [4.69, 9.17) is 0 Å². The number of aryl methyl sites for hydroxylation is 2. The Bertz CT molecular complexity index is 1280. The lowest BCUT2D eigenvalue weighted by atomic mass is 10.1. The Morgan fingerprint density at radius 3 is 1.19 bits per heavy atom. The molecule has 0 radical (unpaired) electrons. The van der Waals surface area contributed by atoms with E-state index in [0.29, 0.717) is 11.1 Å². The van der Waals surface area contributed by atoms with Crippen molar-refractivity contribution >= 4 is 32.2 Å². The molecule has 0 spiro atoms. The SMILES string of the molecule is Cc1ccccc1S(=O)(=O)OC(=O)c1ccc(C(=O)OS(=O)(=O)c2ccccc2C)cc1. The molecule has 8 nitrogen and oxygen atoms in total. The van der Waals surface area contributed by atoms with Gasteiger partial charge in [0.1, 0.15) is 9.79 Å². The average molecular weight is 475 g/mol. The summed E-state index contributed by atoms with van der Waals surface area (Å²) in [5.74, 6) is -2.30. The summed E-state index contributed by atoms with van der Waals surface area (Å²) < 4.78 is 58.7. The lowest BCUT2D eigenvalue weighted by Gasteiger charge is -2.09. The van der Waals surface area contributed by atoms with E-state index < -0.39 is 32.2 Å². The van der Waals surface area contributed by atoms with E-state index in [1.807, 2.05) is 0 Å². The van der Waals surface area contributed by atoms with Crippen molar-refractivity contribution in [3.8, 4) is 0 Å². The molecule has 0 heterocycles. The quantitative estimate of drug-likeness (QED) is 0.499. The van der Waals surface area contributed by atoms with Gasteiger partial charge in [-0.1, -0.05) is 36.4 Å². The standard InChI is InChI=1S/C22H18O8S2/c1-15-7-3-5-9-19(15)31(25,26)29-21(23)17-11-13-18(14-12-17)22(24)30-32(27,28)20-10-6-4-8-16(20)2/h3-14H,1-2H3. The van der Waals surface area contributed by atoms with Crippen molar-refractivity contribution in [1.29, 1.82) is 0 Å². The molecule has 3 rings (SSSR count). The van der Waals surface area contributed by atoms with Gasteiger partial charge in [-0.25, -0.2) is 9.59 Å². The molecule has 0 saturated heterocycles. The molecule has 10 heteroatoms. The van der Waals surface area contributed by atoms with Crippen LogP contribution in [0.25, 0.3) is 0 Å². The zero-order chi connectivity index (χ0) is 23.5. The monoisotopic (exact) mass is 474 g/mol. The van der Waals surface area contributed by atoms with Crippen LogP contribution >= 0.6 is 0 Å². The van der Waals surface area contributed by atoms with Crippen molar-refractivity contribution in [1.82, 2.24) is 0 Å². The summed E-state index contributed by atoms with van der Waals surface area (Å²) in [5.41, 5.74) is 0.516. The molecule has 3 aromatic rings. The molecule has 0 atom stereocenters. The van der Waals surface area contributed by atoms with Gasteiger partial charge in [0.25, 0.3) is 0 Å². The van der Waals surface area contributed by atoms with Crippen LogP contribution in [-0.2, 0) is 28.6 Å². The Morgan fingerprint density at radius 2 is 0.875 bits per heavy atom. The molecule has 0 unspecified atom stereocenters. The molecule has 0 amide bonds. The van der Waals surface area contributed by atoms with E-state index in [1.165, 1.54) is 24.3 Å². The van der Waals surface area contributed by atoms with Crippen LogP contribution in [0.4, 0.5) is 0 Å². The van der Waals surface area contributed by atoms with E-state index in [-0.39, 0.29) is 20.9 Å². The first-order chi connectivity index (χ1) is 15.0. The fourth-order valence-electron chi connectivity index (χ4n) is 2.80. The highest BCUT2D eigenvalue weighted by molar-refractivity contribution is 7.87. The summed E-state index contributed by atoms with van der Waals surface area (Å²) in [6.07, 6.45) is 0. The van der Waals surface area contributed by atoms with Crippen molar-refractivity contribution in [2.75, 3.05) is 0 Å². The van der Waals surface area contributed by atoms with Crippen molar-refractivity contribution in [2.24, 2.45) is 0 Å². The number of rotatable bonds is 6. The van der Waals surface area contributed by atoms with Crippen molar-refractivity contribution < 1.29 is 34.8 Å². The largest absolute Gasteiger partial charge is 0.354 e. The summed E-state index contributed by atoms with van der Waals surface area (Å²) in [4.78, 5) is 24.2. The Morgan fingerprint density at radius 1 is 0.562 bits per heavy atom. The van der Waals surface area contributed by atoms with Crippen LogP contribution in [0.1, 0.15) is 31.8 Å². The smallest absolute Gasteiger partial charge is 0.338 e. The third-order valence-electron chi connectivity index (χ3n) is 4.45. The number of carbonyl (C=O) groups excluding carboxylic acids is 2. The van der Waals surface area contributed by atoms with Gasteiger partial charge in [-0.15, -0.1) is 0 Å². The minimum atomic E-state index is -4.34.